The molecule has 1 N–H and O–H groups in total. The number of nitrogens with zero attached hydrogens (tertiary/aromatic N) is 3. The first-order valence-electron chi connectivity index (χ1n) is 5.67. The lowest BCUT2D eigenvalue weighted by Crippen LogP contribution is -2.40. The largest absolute Gasteiger partial charge is 0.479 e. The smallest absolute Gasteiger partial charge is 0.242 e. The highest BCUT2D eigenvalue weighted by Gasteiger charge is 2.24. The lowest BCUT2D eigenvalue weighted by molar-refractivity contribution is 0.397. The summed E-state index contributed by atoms with van der Waals surface area (Å²) >= 11 is 0. The van der Waals surface area contributed by atoms with Crippen LogP contribution in [0.4, 0.5) is 11.5 Å². The molecule has 0 radical (unpaired) electrons. The van der Waals surface area contributed by atoms with Crippen LogP contribution >= 0.6 is 0 Å². The lowest BCUT2D eigenvalue weighted by atomic mass is 10.2. The Morgan fingerprint density at radius 2 is 2.38 bits per heavy atom. The normalized spacial score (nSPS) is 16.3. The summed E-state index contributed by atoms with van der Waals surface area (Å²) in [6.07, 6.45) is 2.66. The van der Waals surface area contributed by atoms with E-state index in [1.807, 2.05) is 0 Å². The molecule has 0 saturated heterocycles. The van der Waals surface area contributed by atoms with Crippen molar-refractivity contribution < 1.29 is 4.74 Å². The molecule has 0 amide bonds. The van der Waals surface area contributed by atoms with Crippen LogP contribution < -0.4 is 15.0 Å². The molecular weight excluding hydrogens is 204 g/mol. The Labute approximate surface area is 95.8 Å². The monoisotopic (exact) mass is 222 g/mol. The number of ether oxygens (including phenoxy) is 1. The first-order valence-corrected chi connectivity index (χ1v) is 5.67. The van der Waals surface area contributed by atoms with E-state index in [2.05, 4.69) is 34.0 Å². The van der Waals surface area contributed by atoms with Crippen LogP contribution in [0.1, 0.15) is 20.3 Å². The molecule has 1 aromatic heterocycles. The van der Waals surface area contributed by atoms with Crippen LogP contribution in [0.3, 0.4) is 0 Å². The summed E-state index contributed by atoms with van der Waals surface area (Å²) in [6.45, 7) is 6.28. The van der Waals surface area contributed by atoms with Gasteiger partial charge in [0, 0.05) is 19.1 Å². The Hall–Kier alpha value is -1.52. The molecule has 0 aliphatic carbocycles. The molecule has 1 aromatic rings. The summed E-state index contributed by atoms with van der Waals surface area (Å²) in [4.78, 5) is 10.8. The molecule has 0 saturated carbocycles. The molecule has 16 heavy (non-hydrogen) atoms. The number of aromatic nitrogens is 2. The fourth-order valence-electron chi connectivity index (χ4n) is 1.94. The number of fused-ring (bicyclic) bond motifs is 1. The van der Waals surface area contributed by atoms with Gasteiger partial charge in [0.2, 0.25) is 5.88 Å². The number of methoxy groups -OCH3 is 1. The second-order valence-electron chi connectivity index (χ2n) is 3.96. The fourth-order valence-corrected chi connectivity index (χ4v) is 1.94. The summed E-state index contributed by atoms with van der Waals surface area (Å²) in [5.74, 6) is 1.57. The van der Waals surface area contributed by atoms with Gasteiger partial charge in [0.05, 0.1) is 7.11 Å². The van der Waals surface area contributed by atoms with Crippen LogP contribution in [-0.4, -0.2) is 36.2 Å². The van der Waals surface area contributed by atoms with Gasteiger partial charge < -0.3 is 15.0 Å². The number of hydrogen-bond donors (Lipinski definition) is 1. The van der Waals surface area contributed by atoms with Crippen LogP contribution in [0.2, 0.25) is 0 Å². The van der Waals surface area contributed by atoms with Crippen LogP contribution in [0.25, 0.3) is 0 Å². The number of rotatable bonds is 3. The highest BCUT2D eigenvalue weighted by atomic mass is 16.5. The average Bonchev–Trinajstić information content (AvgIpc) is 2.36. The van der Waals surface area contributed by atoms with Gasteiger partial charge in [-0.3, -0.25) is 0 Å². The second kappa shape index (κ2) is 4.55. The van der Waals surface area contributed by atoms with E-state index in [1.54, 1.807) is 13.4 Å². The van der Waals surface area contributed by atoms with Gasteiger partial charge in [-0.2, -0.15) is 4.98 Å². The summed E-state index contributed by atoms with van der Waals surface area (Å²) in [7, 11) is 1.63. The van der Waals surface area contributed by atoms with Gasteiger partial charge >= 0.3 is 0 Å². The average molecular weight is 222 g/mol. The third-order valence-corrected chi connectivity index (χ3v) is 3.04. The van der Waals surface area contributed by atoms with Gasteiger partial charge in [-0.1, -0.05) is 6.92 Å². The molecule has 1 aliphatic rings. The topological polar surface area (TPSA) is 50.3 Å². The number of nitrogens with one attached hydrogen (secondary N) is 1. The zero-order chi connectivity index (χ0) is 11.5. The Kier molecular flexibility index (Phi) is 3.12. The standard InChI is InChI=1S/C11H18N4O/c1-4-8(2)15-6-5-12-9-10(15)13-7-14-11(9)16-3/h7-8,12H,4-6H2,1-3H3. The van der Waals surface area contributed by atoms with E-state index in [0.717, 1.165) is 31.0 Å². The molecule has 0 aromatic carbocycles. The predicted molar refractivity (Wildman–Crippen MR) is 64.2 cm³/mol. The second-order valence-corrected chi connectivity index (χ2v) is 3.96. The summed E-state index contributed by atoms with van der Waals surface area (Å²) in [6, 6.07) is 0.487. The van der Waals surface area contributed by atoms with Gasteiger partial charge in [0.25, 0.3) is 0 Å². The van der Waals surface area contributed by atoms with E-state index >= 15 is 0 Å². The van der Waals surface area contributed by atoms with Crippen molar-refractivity contribution in [1.29, 1.82) is 0 Å². The number of anilines is 2. The van der Waals surface area contributed by atoms with Gasteiger partial charge in [0.1, 0.15) is 12.0 Å². The molecular formula is C11H18N4O. The minimum Gasteiger partial charge on any atom is -0.479 e. The first kappa shape index (κ1) is 11.0. The van der Waals surface area contributed by atoms with E-state index in [4.69, 9.17) is 4.74 Å². The maximum atomic E-state index is 5.23. The molecule has 2 rings (SSSR count). The van der Waals surface area contributed by atoms with E-state index in [-0.39, 0.29) is 0 Å². The van der Waals surface area contributed by atoms with Crippen molar-refractivity contribution in [1.82, 2.24) is 9.97 Å². The molecule has 0 spiro atoms. The van der Waals surface area contributed by atoms with Gasteiger partial charge in [-0.05, 0) is 13.3 Å². The first-order chi connectivity index (χ1) is 7.77. The lowest BCUT2D eigenvalue weighted by Gasteiger charge is -2.35. The van der Waals surface area contributed by atoms with Crippen molar-refractivity contribution in [2.24, 2.45) is 0 Å². The molecule has 1 aliphatic heterocycles. The van der Waals surface area contributed by atoms with Crippen molar-refractivity contribution in [3.63, 3.8) is 0 Å². The predicted octanol–water partition coefficient (Wildman–Crippen LogP) is 1.52. The third-order valence-electron chi connectivity index (χ3n) is 3.04. The van der Waals surface area contributed by atoms with Crippen LogP contribution in [0.5, 0.6) is 5.88 Å². The maximum absolute atomic E-state index is 5.23. The Morgan fingerprint density at radius 1 is 1.56 bits per heavy atom. The molecule has 5 heteroatoms. The van der Waals surface area contributed by atoms with E-state index in [0.29, 0.717) is 11.9 Å². The van der Waals surface area contributed by atoms with Gasteiger partial charge in [-0.25, -0.2) is 4.98 Å². The Balaban J connectivity index is 2.39. The van der Waals surface area contributed by atoms with Crippen molar-refractivity contribution in [2.75, 3.05) is 30.4 Å². The minimum absolute atomic E-state index is 0.487. The summed E-state index contributed by atoms with van der Waals surface area (Å²) in [5, 5.41) is 3.30. The van der Waals surface area contributed by atoms with Crippen molar-refractivity contribution in [3.05, 3.63) is 6.33 Å². The Morgan fingerprint density at radius 3 is 3.06 bits per heavy atom. The summed E-state index contributed by atoms with van der Waals surface area (Å²) < 4.78 is 5.23. The van der Waals surface area contributed by atoms with Crippen LogP contribution in [0, 0.1) is 0 Å². The molecule has 0 bridgehead atoms. The van der Waals surface area contributed by atoms with Crippen molar-refractivity contribution in [2.45, 2.75) is 26.3 Å². The van der Waals surface area contributed by atoms with Crippen LogP contribution in [-0.2, 0) is 0 Å². The highest BCUT2D eigenvalue weighted by molar-refractivity contribution is 5.72. The van der Waals surface area contributed by atoms with Gasteiger partial charge in [-0.15, -0.1) is 0 Å². The maximum Gasteiger partial charge on any atom is 0.242 e. The van der Waals surface area contributed by atoms with E-state index in [9.17, 15) is 0 Å². The molecule has 1 unspecified atom stereocenters. The molecule has 1 atom stereocenters. The van der Waals surface area contributed by atoms with E-state index in [1.165, 1.54) is 0 Å². The van der Waals surface area contributed by atoms with E-state index < -0.39 is 0 Å². The zero-order valence-electron chi connectivity index (χ0n) is 10.0. The summed E-state index contributed by atoms with van der Waals surface area (Å²) in [5.41, 5.74) is 0.913. The zero-order valence-corrected chi connectivity index (χ0v) is 10.0. The molecule has 5 nitrogen and oxygen atoms in total. The molecule has 2 heterocycles. The number of hydrogen-bond acceptors (Lipinski definition) is 5. The SMILES string of the molecule is CCC(C)N1CCNc2c(OC)ncnc21. The minimum atomic E-state index is 0.487. The van der Waals surface area contributed by atoms with Crippen molar-refractivity contribution in [3.8, 4) is 5.88 Å². The van der Waals surface area contributed by atoms with Crippen molar-refractivity contribution >= 4 is 11.5 Å². The third kappa shape index (κ3) is 1.77. The molecule has 0 fully saturated rings. The fraction of sp³-hybridized carbons (Fsp3) is 0.636. The highest BCUT2D eigenvalue weighted by Crippen LogP contribution is 2.34. The van der Waals surface area contributed by atoms with Crippen LogP contribution in [0.15, 0.2) is 6.33 Å². The van der Waals surface area contributed by atoms with Gasteiger partial charge in [0.15, 0.2) is 5.82 Å². The molecule has 88 valence electrons. The Bertz CT molecular complexity index is 369. The quantitative estimate of drug-likeness (QED) is 0.840.